The number of H-pyrrole nitrogens is 1. The van der Waals surface area contributed by atoms with E-state index in [1.165, 1.54) is 0 Å². The number of hydrogen-bond donors (Lipinski definition) is 2. The quantitative estimate of drug-likeness (QED) is 0.861. The molecular formula is C12H14N4O2. The van der Waals surface area contributed by atoms with Gasteiger partial charge in [0.05, 0.1) is 6.61 Å². The standard InChI is InChI=1S/C12H14N4O2/c1-3-18-10-6-4-9(5-7-10)11(17)14-12-13-8(2)15-16-12/h4-7H,3H2,1-2H3,(H2,13,14,15,16,17). The van der Waals surface area contributed by atoms with Crippen molar-refractivity contribution in [1.82, 2.24) is 15.2 Å². The average molecular weight is 246 g/mol. The first-order chi connectivity index (χ1) is 8.69. The van der Waals surface area contributed by atoms with Gasteiger partial charge in [-0.15, -0.1) is 5.10 Å². The van der Waals surface area contributed by atoms with Crippen LogP contribution in [0.25, 0.3) is 0 Å². The lowest BCUT2D eigenvalue weighted by molar-refractivity contribution is 0.102. The van der Waals surface area contributed by atoms with Gasteiger partial charge < -0.3 is 4.74 Å². The van der Waals surface area contributed by atoms with Gasteiger partial charge in [0.15, 0.2) is 0 Å². The van der Waals surface area contributed by atoms with Crippen molar-refractivity contribution in [3.05, 3.63) is 35.7 Å². The van der Waals surface area contributed by atoms with Crippen LogP contribution in [0, 0.1) is 6.92 Å². The minimum absolute atomic E-state index is 0.253. The number of anilines is 1. The maximum Gasteiger partial charge on any atom is 0.258 e. The Kier molecular flexibility index (Phi) is 3.57. The topological polar surface area (TPSA) is 79.9 Å². The number of hydrogen-bond acceptors (Lipinski definition) is 4. The maximum absolute atomic E-state index is 11.8. The number of carbonyl (C=O) groups excluding carboxylic acids is 1. The smallest absolute Gasteiger partial charge is 0.258 e. The second-order valence-electron chi connectivity index (χ2n) is 3.66. The second-order valence-corrected chi connectivity index (χ2v) is 3.66. The predicted molar refractivity (Wildman–Crippen MR) is 66.7 cm³/mol. The summed E-state index contributed by atoms with van der Waals surface area (Å²) in [4.78, 5) is 15.8. The molecule has 2 aromatic rings. The normalized spacial score (nSPS) is 10.1. The van der Waals surface area contributed by atoms with Crippen molar-refractivity contribution < 1.29 is 9.53 Å². The molecule has 0 spiro atoms. The van der Waals surface area contributed by atoms with Crippen molar-refractivity contribution in [2.24, 2.45) is 0 Å². The van der Waals surface area contributed by atoms with Crippen LogP contribution in [0.3, 0.4) is 0 Å². The van der Waals surface area contributed by atoms with Crippen LogP contribution in [-0.2, 0) is 0 Å². The van der Waals surface area contributed by atoms with Crippen LogP contribution in [0.4, 0.5) is 5.95 Å². The monoisotopic (exact) mass is 246 g/mol. The molecule has 1 aromatic heterocycles. The summed E-state index contributed by atoms with van der Waals surface area (Å²) in [7, 11) is 0. The van der Waals surface area contributed by atoms with Gasteiger partial charge in [0.25, 0.3) is 5.91 Å². The Hall–Kier alpha value is -2.37. The highest BCUT2D eigenvalue weighted by molar-refractivity contribution is 6.03. The number of rotatable bonds is 4. The van der Waals surface area contributed by atoms with Crippen LogP contribution < -0.4 is 10.1 Å². The number of benzene rings is 1. The maximum atomic E-state index is 11.8. The van der Waals surface area contributed by atoms with Gasteiger partial charge in [-0.2, -0.15) is 4.98 Å². The van der Waals surface area contributed by atoms with E-state index in [0.29, 0.717) is 18.0 Å². The lowest BCUT2D eigenvalue weighted by Crippen LogP contribution is -2.12. The molecule has 0 bridgehead atoms. The number of aryl methyl sites for hydroxylation is 1. The molecule has 0 aliphatic carbocycles. The molecule has 1 aromatic carbocycles. The Morgan fingerprint density at radius 2 is 2.11 bits per heavy atom. The molecular weight excluding hydrogens is 232 g/mol. The Morgan fingerprint density at radius 1 is 1.39 bits per heavy atom. The van der Waals surface area contributed by atoms with E-state index in [0.717, 1.165) is 5.75 Å². The summed E-state index contributed by atoms with van der Waals surface area (Å²) in [6, 6.07) is 6.89. The average Bonchev–Trinajstić information content (AvgIpc) is 2.76. The first-order valence-corrected chi connectivity index (χ1v) is 5.62. The highest BCUT2D eigenvalue weighted by Crippen LogP contribution is 2.13. The molecule has 0 atom stereocenters. The Morgan fingerprint density at radius 3 is 2.67 bits per heavy atom. The summed E-state index contributed by atoms with van der Waals surface area (Å²) in [5.41, 5.74) is 0.529. The highest BCUT2D eigenvalue weighted by Gasteiger charge is 2.08. The lowest BCUT2D eigenvalue weighted by Gasteiger charge is -2.04. The van der Waals surface area contributed by atoms with Crippen molar-refractivity contribution in [3.8, 4) is 5.75 Å². The lowest BCUT2D eigenvalue weighted by atomic mass is 10.2. The molecule has 1 amide bonds. The van der Waals surface area contributed by atoms with Crippen LogP contribution in [-0.4, -0.2) is 27.7 Å². The fourth-order valence-corrected chi connectivity index (χ4v) is 1.44. The summed E-state index contributed by atoms with van der Waals surface area (Å²) in [6.07, 6.45) is 0. The number of aromatic nitrogens is 3. The minimum atomic E-state index is -0.253. The molecule has 2 rings (SSSR count). The first-order valence-electron chi connectivity index (χ1n) is 5.62. The summed E-state index contributed by atoms with van der Waals surface area (Å²) < 4.78 is 5.30. The number of amides is 1. The van der Waals surface area contributed by atoms with E-state index in [-0.39, 0.29) is 11.9 Å². The molecule has 0 aliphatic rings. The van der Waals surface area contributed by atoms with Gasteiger partial charge in [0.2, 0.25) is 5.95 Å². The van der Waals surface area contributed by atoms with E-state index in [4.69, 9.17) is 4.74 Å². The Balaban J connectivity index is 2.04. The molecule has 2 N–H and O–H groups in total. The van der Waals surface area contributed by atoms with Crippen molar-refractivity contribution >= 4 is 11.9 Å². The number of carbonyl (C=O) groups is 1. The van der Waals surface area contributed by atoms with Crippen LogP contribution in [0.2, 0.25) is 0 Å². The van der Waals surface area contributed by atoms with Crippen molar-refractivity contribution in [1.29, 1.82) is 0 Å². The van der Waals surface area contributed by atoms with Gasteiger partial charge in [0.1, 0.15) is 11.6 Å². The Bertz CT molecular complexity index is 533. The fraction of sp³-hybridized carbons (Fsp3) is 0.250. The van der Waals surface area contributed by atoms with Gasteiger partial charge in [0, 0.05) is 5.56 Å². The minimum Gasteiger partial charge on any atom is -0.494 e. The third kappa shape index (κ3) is 2.85. The molecule has 94 valence electrons. The Labute approximate surface area is 104 Å². The summed E-state index contributed by atoms with van der Waals surface area (Å²) in [5, 5.41) is 9.09. The van der Waals surface area contributed by atoms with Crippen LogP contribution in [0.15, 0.2) is 24.3 Å². The SMILES string of the molecule is CCOc1ccc(C(=O)Nc2n[nH]c(C)n2)cc1. The first kappa shape index (κ1) is 12.1. The molecule has 1 heterocycles. The van der Waals surface area contributed by atoms with Crippen LogP contribution >= 0.6 is 0 Å². The van der Waals surface area contributed by atoms with E-state index in [1.54, 1.807) is 31.2 Å². The zero-order chi connectivity index (χ0) is 13.0. The summed E-state index contributed by atoms with van der Waals surface area (Å²) in [5.74, 6) is 1.41. The van der Waals surface area contributed by atoms with Crippen molar-refractivity contribution in [3.63, 3.8) is 0 Å². The molecule has 0 radical (unpaired) electrons. The van der Waals surface area contributed by atoms with Gasteiger partial charge in [-0.3, -0.25) is 15.2 Å². The number of nitrogens with one attached hydrogen (secondary N) is 2. The molecule has 0 saturated carbocycles. The number of ether oxygens (including phenoxy) is 1. The zero-order valence-electron chi connectivity index (χ0n) is 10.2. The van der Waals surface area contributed by atoms with Crippen molar-refractivity contribution in [2.45, 2.75) is 13.8 Å². The van der Waals surface area contributed by atoms with Crippen molar-refractivity contribution in [2.75, 3.05) is 11.9 Å². The predicted octanol–water partition coefficient (Wildman–Crippen LogP) is 1.76. The molecule has 6 nitrogen and oxygen atoms in total. The molecule has 0 aliphatic heterocycles. The summed E-state index contributed by atoms with van der Waals surface area (Å²) in [6.45, 7) is 4.27. The fourth-order valence-electron chi connectivity index (χ4n) is 1.44. The van der Waals surface area contributed by atoms with Gasteiger partial charge in [-0.25, -0.2) is 0 Å². The van der Waals surface area contributed by atoms with Gasteiger partial charge in [-0.1, -0.05) is 0 Å². The zero-order valence-corrected chi connectivity index (χ0v) is 10.2. The second kappa shape index (κ2) is 5.31. The largest absolute Gasteiger partial charge is 0.494 e. The third-order valence-corrected chi connectivity index (χ3v) is 2.25. The van der Waals surface area contributed by atoms with E-state index in [1.807, 2.05) is 6.92 Å². The molecule has 0 saturated heterocycles. The molecule has 0 fully saturated rings. The number of nitrogens with zero attached hydrogens (tertiary/aromatic N) is 2. The molecule has 6 heteroatoms. The van der Waals surface area contributed by atoms with Crippen LogP contribution in [0.1, 0.15) is 23.1 Å². The number of aromatic amines is 1. The van der Waals surface area contributed by atoms with E-state index >= 15 is 0 Å². The van der Waals surface area contributed by atoms with E-state index in [9.17, 15) is 4.79 Å². The van der Waals surface area contributed by atoms with E-state index < -0.39 is 0 Å². The van der Waals surface area contributed by atoms with Gasteiger partial charge >= 0.3 is 0 Å². The summed E-state index contributed by atoms with van der Waals surface area (Å²) >= 11 is 0. The van der Waals surface area contributed by atoms with E-state index in [2.05, 4.69) is 20.5 Å². The molecule has 18 heavy (non-hydrogen) atoms. The highest BCUT2D eigenvalue weighted by atomic mass is 16.5. The van der Waals surface area contributed by atoms with Gasteiger partial charge in [-0.05, 0) is 38.1 Å². The third-order valence-electron chi connectivity index (χ3n) is 2.25. The molecule has 0 unspecified atom stereocenters. The van der Waals surface area contributed by atoms with Crippen LogP contribution in [0.5, 0.6) is 5.75 Å².